The van der Waals surface area contributed by atoms with Crippen molar-refractivity contribution >= 4 is 22.5 Å². The average Bonchev–Trinajstić information content (AvgIpc) is 2.77. The van der Waals surface area contributed by atoms with Gasteiger partial charge in [-0.3, -0.25) is 4.98 Å². The van der Waals surface area contributed by atoms with E-state index in [4.69, 9.17) is 16.3 Å². The molecule has 0 saturated heterocycles. The molecular formula is C24H17ClF3NO2. The number of rotatable bonds is 5. The zero-order valence-electron chi connectivity index (χ0n) is 16.1. The van der Waals surface area contributed by atoms with Gasteiger partial charge in [-0.1, -0.05) is 60.1 Å². The van der Waals surface area contributed by atoms with Crippen molar-refractivity contribution < 1.29 is 23.0 Å². The van der Waals surface area contributed by atoms with Crippen molar-refractivity contribution in [2.75, 3.05) is 0 Å². The molecule has 1 unspecified atom stereocenters. The largest absolute Gasteiger partial charge is 0.489 e. The third kappa shape index (κ3) is 4.50. The van der Waals surface area contributed by atoms with E-state index in [2.05, 4.69) is 4.98 Å². The van der Waals surface area contributed by atoms with Gasteiger partial charge in [-0.05, 0) is 29.3 Å². The first kappa shape index (κ1) is 21.2. The fourth-order valence-electron chi connectivity index (χ4n) is 3.34. The lowest BCUT2D eigenvalue weighted by atomic mass is 9.96. The minimum Gasteiger partial charge on any atom is -0.489 e. The first-order chi connectivity index (χ1) is 14.8. The summed E-state index contributed by atoms with van der Waals surface area (Å²) < 4.78 is 45.8. The molecule has 1 heterocycles. The molecule has 158 valence electrons. The summed E-state index contributed by atoms with van der Waals surface area (Å²) in [5, 5.41) is 11.3. The van der Waals surface area contributed by atoms with Crippen molar-refractivity contribution in [1.82, 2.24) is 4.98 Å². The van der Waals surface area contributed by atoms with Crippen LogP contribution in [0.15, 0.2) is 79.0 Å². The summed E-state index contributed by atoms with van der Waals surface area (Å²) in [7, 11) is 0. The molecule has 3 aromatic carbocycles. The maximum Gasteiger partial charge on any atom is 0.416 e. The van der Waals surface area contributed by atoms with Crippen molar-refractivity contribution in [1.29, 1.82) is 0 Å². The van der Waals surface area contributed by atoms with E-state index in [1.165, 1.54) is 24.4 Å². The van der Waals surface area contributed by atoms with Gasteiger partial charge < -0.3 is 9.84 Å². The van der Waals surface area contributed by atoms with Crippen LogP contribution in [0.5, 0.6) is 5.75 Å². The quantitative estimate of drug-likeness (QED) is 0.379. The first-order valence-corrected chi connectivity index (χ1v) is 9.81. The molecule has 0 aliphatic heterocycles. The molecule has 1 aromatic heterocycles. The van der Waals surface area contributed by atoms with Crippen molar-refractivity contribution in [2.45, 2.75) is 18.9 Å². The number of fused-ring (bicyclic) bond motifs is 1. The van der Waals surface area contributed by atoms with Gasteiger partial charge in [-0.15, -0.1) is 0 Å². The van der Waals surface area contributed by atoms with Crippen LogP contribution in [-0.2, 0) is 12.8 Å². The molecule has 4 aromatic rings. The third-order valence-electron chi connectivity index (χ3n) is 4.91. The van der Waals surface area contributed by atoms with Gasteiger partial charge in [0.15, 0.2) is 0 Å². The number of pyridine rings is 1. The van der Waals surface area contributed by atoms with Crippen LogP contribution in [-0.4, -0.2) is 10.1 Å². The molecule has 1 N–H and O–H groups in total. The van der Waals surface area contributed by atoms with Crippen LogP contribution in [0.2, 0.25) is 5.02 Å². The normalized spacial score (nSPS) is 12.7. The minimum atomic E-state index is -4.60. The molecule has 0 bridgehead atoms. The monoisotopic (exact) mass is 443 g/mol. The summed E-state index contributed by atoms with van der Waals surface area (Å²) in [6.45, 7) is 0.380. The molecular weight excluding hydrogens is 427 g/mol. The second-order valence-electron chi connectivity index (χ2n) is 6.97. The average molecular weight is 444 g/mol. The molecule has 0 aliphatic rings. The molecule has 7 heteroatoms. The number of alkyl halides is 3. The summed E-state index contributed by atoms with van der Waals surface area (Å²) in [6, 6.07) is 19.6. The van der Waals surface area contributed by atoms with E-state index in [0.717, 1.165) is 11.6 Å². The number of aliphatic hydroxyl groups excluding tert-OH is 1. The Morgan fingerprint density at radius 3 is 2.39 bits per heavy atom. The Labute approximate surface area is 181 Å². The predicted molar refractivity (Wildman–Crippen MR) is 113 cm³/mol. The summed E-state index contributed by atoms with van der Waals surface area (Å²) in [5.41, 5.74) is 0.430. The molecule has 4 rings (SSSR count). The smallest absolute Gasteiger partial charge is 0.416 e. The van der Waals surface area contributed by atoms with E-state index in [9.17, 15) is 18.3 Å². The summed E-state index contributed by atoms with van der Waals surface area (Å²) in [4.78, 5) is 4.29. The Balaban J connectivity index is 1.64. The minimum absolute atomic E-state index is 0.101. The number of hydrogen-bond acceptors (Lipinski definition) is 3. The molecule has 3 nitrogen and oxygen atoms in total. The number of ether oxygens (including phenoxy) is 1. The Hall–Kier alpha value is -3.09. The second-order valence-corrected chi connectivity index (χ2v) is 7.35. The lowest BCUT2D eigenvalue weighted by Gasteiger charge is -2.19. The van der Waals surface area contributed by atoms with Gasteiger partial charge in [0, 0.05) is 23.2 Å². The predicted octanol–water partition coefficient (Wildman–Crippen LogP) is 6.57. The molecule has 0 amide bonds. The zero-order valence-corrected chi connectivity index (χ0v) is 16.9. The van der Waals surface area contributed by atoms with E-state index in [-0.39, 0.29) is 16.1 Å². The summed E-state index contributed by atoms with van der Waals surface area (Å²) in [6.07, 6.45) is -4.88. The van der Waals surface area contributed by atoms with Crippen LogP contribution in [0.3, 0.4) is 0 Å². The van der Waals surface area contributed by atoms with Gasteiger partial charge in [-0.2, -0.15) is 13.2 Å². The molecule has 0 saturated carbocycles. The van der Waals surface area contributed by atoms with Crippen molar-refractivity contribution in [3.8, 4) is 5.75 Å². The van der Waals surface area contributed by atoms with E-state index in [0.29, 0.717) is 23.3 Å². The van der Waals surface area contributed by atoms with Gasteiger partial charge in [0.2, 0.25) is 0 Å². The first-order valence-electron chi connectivity index (χ1n) is 9.43. The van der Waals surface area contributed by atoms with Crippen LogP contribution in [0.25, 0.3) is 10.9 Å². The topological polar surface area (TPSA) is 42.4 Å². The number of nitrogens with zero attached hydrogens (tertiary/aromatic N) is 1. The molecule has 1 atom stereocenters. The Morgan fingerprint density at radius 1 is 0.935 bits per heavy atom. The van der Waals surface area contributed by atoms with Gasteiger partial charge in [0.1, 0.15) is 18.5 Å². The fourth-order valence-corrected chi connectivity index (χ4v) is 3.65. The van der Waals surface area contributed by atoms with Crippen LogP contribution < -0.4 is 4.74 Å². The lowest BCUT2D eigenvalue weighted by Crippen LogP contribution is -2.13. The number of benzene rings is 3. The van der Waals surface area contributed by atoms with Gasteiger partial charge in [-0.25, -0.2) is 0 Å². The van der Waals surface area contributed by atoms with Crippen molar-refractivity contribution in [3.63, 3.8) is 0 Å². The standard InChI is InChI=1S/C24H17ClF3NO2/c25-22-18-11-10-16(31-14-15-6-2-1-3-7-15)12-21(18)29-13-19(22)23(30)17-8-4-5-9-20(17)24(26,27)28/h1-13,23,30H,14H2. The zero-order chi connectivity index (χ0) is 22.0. The Bertz CT molecular complexity index is 1210. The Morgan fingerprint density at radius 2 is 1.65 bits per heavy atom. The molecule has 0 aliphatic carbocycles. The van der Waals surface area contributed by atoms with E-state index >= 15 is 0 Å². The third-order valence-corrected chi connectivity index (χ3v) is 5.33. The van der Waals surface area contributed by atoms with Gasteiger partial charge in [0.05, 0.1) is 16.1 Å². The van der Waals surface area contributed by atoms with Crippen LogP contribution in [0, 0.1) is 0 Å². The lowest BCUT2D eigenvalue weighted by molar-refractivity contribution is -0.139. The number of aliphatic hydroxyl groups is 1. The maximum atomic E-state index is 13.3. The second kappa shape index (κ2) is 8.57. The highest BCUT2D eigenvalue weighted by Gasteiger charge is 2.35. The van der Waals surface area contributed by atoms with Crippen LogP contribution in [0.1, 0.15) is 28.4 Å². The summed E-state index contributed by atoms with van der Waals surface area (Å²) >= 11 is 6.46. The van der Waals surface area contributed by atoms with Crippen LogP contribution in [0.4, 0.5) is 13.2 Å². The van der Waals surface area contributed by atoms with Crippen LogP contribution >= 0.6 is 11.6 Å². The van der Waals surface area contributed by atoms with E-state index < -0.39 is 17.8 Å². The van der Waals surface area contributed by atoms with E-state index in [1.807, 2.05) is 30.3 Å². The maximum absolute atomic E-state index is 13.3. The SMILES string of the molecule is OC(c1ccccc1C(F)(F)F)c1cnc2cc(OCc3ccccc3)ccc2c1Cl. The van der Waals surface area contributed by atoms with Crippen molar-refractivity contribution in [2.24, 2.45) is 0 Å². The van der Waals surface area contributed by atoms with Gasteiger partial charge >= 0.3 is 6.18 Å². The highest BCUT2D eigenvalue weighted by Crippen LogP contribution is 2.39. The Kier molecular flexibility index (Phi) is 5.85. The molecule has 0 fully saturated rings. The highest BCUT2D eigenvalue weighted by atomic mass is 35.5. The molecule has 0 spiro atoms. The number of halogens is 4. The van der Waals surface area contributed by atoms with Crippen molar-refractivity contribution in [3.05, 3.63) is 106 Å². The molecule has 31 heavy (non-hydrogen) atoms. The number of aromatic nitrogens is 1. The van der Waals surface area contributed by atoms with Gasteiger partial charge in [0.25, 0.3) is 0 Å². The summed E-state index contributed by atoms with van der Waals surface area (Å²) in [5.74, 6) is 0.579. The number of hydrogen-bond donors (Lipinski definition) is 1. The highest BCUT2D eigenvalue weighted by molar-refractivity contribution is 6.36. The van der Waals surface area contributed by atoms with E-state index in [1.54, 1.807) is 18.2 Å². The fraction of sp³-hybridized carbons (Fsp3) is 0.125. The molecule has 0 radical (unpaired) electrons.